The van der Waals surface area contributed by atoms with Crippen molar-refractivity contribution in [2.24, 2.45) is 0 Å². The maximum absolute atomic E-state index is 12.4. The Balaban J connectivity index is 2.91. The van der Waals surface area contributed by atoms with Crippen LogP contribution < -0.4 is 0 Å². The minimum absolute atomic E-state index is 0.0433. The molecule has 0 aliphatic rings. The molecule has 1 aromatic carbocycles. The number of carbonyl (C=O) groups excluding carboxylic acids is 1. The van der Waals surface area contributed by atoms with Crippen molar-refractivity contribution >= 4 is 5.91 Å². The monoisotopic (exact) mass is 273 g/mol. The van der Waals surface area contributed by atoms with Gasteiger partial charge in [0.15, 0.2) is 0 Å². The number of benzene rings is 1. The van der Waals surface area contributed by atoms with Gasteiger partial charge in [-0.3, -0.25) is 4.79 Å². The molecule has 0 saturated carbocycles. The molecule has 0 fully saturated rings. The highest BCUT2D eigenvalue weighted by atomic mass is 16.2. The number of hydrogen-bond acceptors (Lipinski definition) is 2. The van der Waals surface area contributed by atoms with Crippen molar-refractivity contribution in [1.82, 2.24) is 4.90 Å². The van der Waals surface area contributed by atoms with E-state index in [2.05, 4.69) is 18.8 Å². The molecule has 0 aliphatic carbocycles. The zero-order chi connectivity index (χ0) is 15.0. The van der Waals surface area contributed by atoms with Crippen LogP contribution in [0.3, 0.4) is 0 Å². The summed E-state index contributed by atoms with van der Waals surface area (Å²) in [6, 6.07) is 5.66. The fourth-order valence-corrected chi connectivity index (χ4v) is 1.85. The molecule has 0 spiro atoms. The zero-order valence-corrected chi connectivity index (χ0v) is 12.6. The normalized spacial score (nSPS) is 9.80. The second-order valence-corrected chi connectivity index (χ2v) is 4.89. The molecule has 108 valence electrons. The number of hydrogen-bond donors (Lipinski definition) is 1. The standard InChI is InChI=1S/C17H23NO2/c1-4-5-11-18(3)17(20)16-13-15(8-6-7-12-19)10-9-14(16)2/h9-10,13,19H,4-5,7,11-12H2,1-3H3. The van der Waals surface area contributed by atoms with Gasteiger partial charge in [0.05, 0.1) is 6.61 Å². The van der Waals surface area contributed by atoms with E-state index >= 15 is 0 Å². The Morgan fingerprint density at radius 2 is 2.15 bits per heavy atom. The second kappa shape index (κ2) is 8.39. The largest absolute Gasteiger partial charge is 0.395 e. The summed E-state index contributed by atoms with van der Waals surface area (Å²) in [5.74, 6) is 5.89. The first-order valence-corrected chi connectivity index (χ1v) is 7.06. The highest BCUT2D eigenvalue weighted by Gasteiger charge is 2.13. The third-order valence-electron chi connectivity index (χ3n) is 3.13. The third-order valence-corrected chi connectivity index (χ3v) is 3.13. The van der Waals surface area contributed by atoms with Gasteiger partial charge in [0.1, 0.15) is 0 Å². The predicted octanol–water partition coefficient (Wildman–Crippen LogP) is 2.60. The zero-order valence-electron chi connectivity index (χ0n) is 12.6. The van der Waals surface area contributed by atoms with Gasteiger partial charge in [0.2, 0.25) is 0 Å². The molecule has 0 unspecified atom stereocenters. The highest BCUT2D eigenvalue weighted by molar-refractivity contribution is 5.95. The van der Waals surface area contributed by atoms with Gasteiger partial charge >= 0.3 is 0 Å². The molecule has 1 N–H and O–H groups in total. The van der Waals surface area contributed by atoms with E-state index in [0.717, 1.165) is 30.5 Å². The van der Waals surface area contributed by atoms with Crippen molar-refractivity contribution in [2.75, 3.05) is 20.2 Å². The molecule has 0 atom stereocenters. The summed E-state index contributed by atoms with van der Waals surface area (Å²) < 4.78 is 0. The number of aryl methyl sites for hydroxylation is 1. The van der Waals surface area contributed by atoms with E-state index in [1.165, 1.54) is 0 Å². The number of rotatable bonds is 5. The lowest BCUT2D eigenvalue weighted by Crippen LogP contribution is -2.28. The molecule has 0 aromatic heterocycles. The molecule has 1 aromatic rings. The van der Waals surface area contributed by atoms with Gasteiger partial charge in [-0.05, 0) is 31.0 Å². The molecule has 0 bridgehead atoms. The van der Waals surface area contributed by atoms with Crippen LogP contribution in [0.2, 0.25) is 0 Å². The van der Waals surface area contributed by atoms with Crippen molar-refractivity contribution in [2.45, 2.75) is 33.1 Å². The van der Waals surface area contributed by atoms with Crippen LogP contribution in [-0.2, 0) is 0 Å². The van der Waals surface area contributed by atoms with E-state index in [4.69, 9.17) is 5.11 Å². The van der Waals surface area contributed by atoms with Crippen LogP contribution in [0, 0.1) is 18.8 Å². The lowest BCUT2D eigenvalue weighted by Gasteiger charge is -2.18. The number of aliphatic hydroxyl groups excluding tert-OH is 1. The summed E-state index contributed by atoms with van der Waals surface area (Å²) in [5.41, 5.74) is 2.49. The molecular formula is C17H23NO2. The fraction of sp³-hybridized carbons (Fsp3) is 0.471. The maximum Gasteiger partial charge on any atom is 0.253 e. The Hall–Kier alpha value is -1.79. The summed E-state index contributed by atoms with van der Waals surface area (Å²) >= 11 is 0. The Labute approximate surface area is 121 Å². The number of carbonyl (C=O) groups is 1. The molecule has 1 amide bonds. The summed E-state index contributed by atoms with van der Waals surface area (Å²) in [5, 5.41) is 8.72. The van der Waals surface area contributed by atoms with E-state index in [9.17, 15) is 4.79 Å². The van der Waals surface area contributed by atoms with Gasteiger partial charge < -0.3 is 10.0 Å². The average molecular weight is 273 g/mol. The number of aliphatic hydroxyl groups is 1. The van der Waals surface area contributed by atoms with E-state index in [1.54, 1.807) is 4.90 Å². The van der Waals surface area contributed by atoms with Crippen LogP contribution >= 0.6 is 0 Å². The van der Waals surface area contributed by atoms with Crippen molar-refractivity contribution in [3.8, 4) is 11.8 Å². The van der Waals surface area contributed by atoms with Crippen LogP contribution in [0.15, 0.2) is 18.2 Å². The molecule has 0 aliphatic heterocycles. The van der Waals surface area contributed by atoms with Gasteiger partial charge in [-0.1, -0.05) is 31.3 Å². The van der Waals surface area contributed by atoms with E-state index in [-0.39, 0.29) is 12.5 Å². The molecular weight excluding hydrogens is 250 g/mol. The van der Waals surface area contributed by atoms with Crippen LogP contribution in [-0.4, -0.2) is 36.1 Å². The predicted molar refractivity (Wildman–Crippen MR) is 81.6 cm³/mol. The summed E-state index contributed by atoms with van der Waals surface area (Å²) in [6.45, 7) is 4.88. The van der Waals surface area contributed by atoms with Crippen molar-refractivity contribution < 1.29 is 9.90 Å². The number of unbranched alkanes of at least 4 members (excludes halogenated alkanes) is 1. The molecule has 0 heterocycles. The number of nitrogens with zero attached hydrogens (tertiary/aromatic N) is 1. The Bertz CT molecular complexity index is 511. The molecule has 3 nitrogen and oxygen atoms in total. The molecule has 0 radical (unpaired) electrons. The summed E-state index contributed by atoms with van der Waals surface area (Å²) in [4.78, 5) is 14.2. The van der Waals surface area contributed by atoms with Crippen LogP contribution in [0.1, 0.15) is 47.7 Å². The Morgan fingerprint density at radius 1 is 1.40 bits per heavy atom. The van der Waals surface area contributed by atoms with Crippen molar-refractivity contribution in [3.05, 3.63) is 34.9 Å². The smallest absolute Gasteiger partial charge is 0.253 e. The van der Waals surface area contributed by atoms with Crippen LogP contribution in [0.4, 0.5) is 0 Å². The van der Waals surface area contributed by atoms with Crippen molar-refractivity contribution in [1.29, 1.82) is 0 Å². The SMILES string of the molecule is CCCCN(C)C(=O)c1cc(C#CCCO)ccc1C. The van der Waals surface area contributed by atoms with Gasteiger partial charge in [0.25, 0.3) is 5.91 Å². The van der Waals surface area contributed by atoms with Crippen LogP contribution in [0.25, 0.3) is 0 Å². The minimum Gasteiger partial charge on any atom is -0.395 e. The topological polar surface area (TPSA) is 40.5 Å². The summed E-state index contributed by atoms with van der Waals surface area (Å²) in [6.07, 6.45) is 2.54. The van der Waals surface area contributed by atoms with E-state index in [0.29, 0.717) is 12.0 Å². The van der Waals surface area contributed by atoms with E-state index < -0.39 is 0 Å². The minimum atomic E-state index is 0.0433. The van der Waals surface area contributed by atoms with Crippen molar-refractivity contribution in [3.63, 3.8) is 0 Å². The number of amides is 1. The quantitative estimate of drug-likeness (QED) is 0.838. The maximum atomic E-state index is 12.4. The first-order chi connectivity index (χ1) is 9.60. The Kier molecular flexibility index (Phi) is 6.83. The van der Waals surface area contributed by atoms with Gasteiger partial charge in [-0.15, -0.1) is 0 Å². The Morgan fingerprint density at radius 3 is 2.80 bits per heavy atom. The van der Waals surface area contributed by atoms with E-state index in [1.807, 2.05) is 32.2 Å². The lowest BCUT2D eigenvalue weighted by molar-refractivity contribution is 0.0792. The average Bonchev–Trinajstić information content (AvgIpc) is 2.46. The van der Waals surface area contributed by atoms with Crippen LogP contribution in [0.5, 0.6) is 0 Å². The summed E-state index contributed by atoms with van der Waals surface area (Å²) in [7, 11) is 1.83. The molecule has 1 rings (SSSR count). The van der Waals surface area contributed by atoms with Gasteiger partial charge in [-0.2, -0.15) is 0 Å². The molecule has 0 saturated heterocycles. The molecule has 3 heteroatoms. The molecule has 20 heavy (non-hydrogen) atoms. The van der Waals surface area contributed by atoms with Gasteiger partial charge in [0, 0.05) is 31.1 Å². The lowest BCUT2D eigenvalue weighted by atomic mass is 10.0. The fourth-order valence-electron chi connectivity index (χ4n) is 1.85. The first kappa shape index (κ1) is 16.3. The van der Waals surface area contributed by atoms with Gasteiger partial charge in [-0.25, -0.2) is 0 Å². The highest BCUT2D eigenvalue weighted by Crippen LogP contribution is 2.13. The third kappa shape index (κ3) is 4.71. The second-order valence-electron chi connectivity index (χ2n) is 4.89. The first-order valence-electron chi connectivity index (χ1n) is 7.06.